The molecule has 0 spiro atoms. The van der Waals surface area contributed by atoms with Gasteiger partial charge in [0.1, 0.15) is 0 Å². The van der Waals surface area contributed by atoms with Gasteiger partial charge in [0.05, 0.1) is 0 Å². The Morgan fingerprint density at radius 2 is 2.21 bits per heavy atom. The van der Waals surface area contributed by atoms with Crippen molar-refractivity contribution in [1.82, 2.24) is 5.32 Å². The van der Waals surface area contributed by atoms with Crippen molar-refractivity contribution in [2.24, 2.45) is 0 Å². The average molecular weight is 279 g/mol. The molecule has 19 heavy (non-hydrogen) atoms. The lowest BCUT2D eigenvalue weighted by Gasteiger charge is -2.34. The number of aryl methyl sites for hydroxylation is 1. The van der Waals surface area contributed by atoms with Crippen LogP contribution in [-0.4, -0.2) is 29.3 Å². The third kappa shape index (κ3) is 3.98. The zero-order valence-electron chi connectivity index (χ0n) is 11.8. The van der Waals surface area contributed by atoms with Gasteiger partial charge in [-0.25, -0.2) is 0 Å². The van der Waals surface area contributed by atoms with E-state index in [0.717, 1.165) is 18.7 Å². The molecule has 1 aliphatic rings. The van der Waals surface area contributed by atoms with E-state index >= 15 is 0 Å². The van der Waals surface area contributed by atoms with Crippen LogP contribution >= 0.6 is 11.8 Å². The number of hydrogen-bond acceptors (Lipinski definition) is 3. The number of aliphatic hydroxyl groups excluding tert-OH is 1. The third-order valence-corrected chi connectivity index (χ3v) is 5.17. The van der Waals surface area contributed by atoms with Crippen LogP contribution in [0.25, 0.3) is 0 Å². The van der Waals surface area contributed by atoms with Gasteiger partial charge in [-0.1, -0.05) is 31.2 Å². The van der Waals surface area contributed by atoms with Gasteiger partial charge in [-0.3, -0.25) is 0 Å². The van der Waals surface area contributed by atoms with Gasteiger partial charge in [0, 0.05) is 17.9 Å². The fourth-order valence-electron chi connectivity index (χ4n) is 2.75. The van der Waals surface area contributed by atoms with E-state index in [0.29, 0.717) is 17.9 Å². The highest BCUT2D eigenvalue weighted by Gasteiger charge is 2.28. The van der Waals surface area contributed by atoms with Gasteiger partial charge in [-0.2, -0.15) is 11.8 Å². The van der Waals surface area contributed by atoms with Gasteiger partial charge in [0.15, 0.2) is 0 Å². The summed E-state index contributed by atoms with van der Waals surface area (Å²) in [6.45, 7) is 3.61. The molecule has 2 N–H and O–H groups in total. The van der Waals surface area contributed by atoms with E-state index in [1.165, 1.54) is 30.4 Å². The first-order valence-electron chi connectivity index (χ1n) is 7.40. The van der Waals surface area contributed by atoms with E-state index in [1.807, 2.05) is 11.8 Å². The predicted molar refractivity (Wildman–Crippen MR) is 83.7 cm³/mol. The lowest BCUT2D eigenvalue weighted by molar-refractivity contribution is 0.296. The maximum absolute atomic E-state index is 8.93. The number of hydrogen-bond donors (Lipinski definition) is 2. The predicted octanol–water partition coefficient (Wildman–Crippen LogP) is 3.16. The quantitative estimate of drug-likeness (QED) is 0.752. The minimum Gasteiger partial charge on any atom is -0.396 e. The Labute approximate surface area is 121 Å². The summed E-state index contributed by atoms with van der Waals surface area (Å²) in [5.74, 6) is 1.06. The second-order valence-corrected chi connectivity index (χ2v) is 6.50. The van der Waals surface area contributed by atoms with Gasteiger partial charge in [-0.05, 0) is 49.1 Å². The molecule has 0 bridgehead atoms. The van der Waals surface area contributed by atoms with Crippen LogP contribution in [0.5, 0.6) is 0 Å². The second kappa shape index (κ2) is 7.93. The number of thioether (sulfide) groups is 1. The van der Waals surface area contributed by atoms with E-state index in [1.54, 1.807) is 0 Å². The van der Waals surface area contributed by atoms with Crippen LogP contribution in [0.1, 0.15) is 43.4 Å². The molecular formula is C16H25NOS. The minimum absolute atomic E-state index is 0.309. The molecule has 0 heterocycles. The van der Waals surface area contributed by atoms with Crippen molar-refractivity contribution in [2.45, 2.75) is 43.9 Å². The molecule has 1 aromatic carbocycles. The smallest absolute Gasteiger partial charge is 0.0443 e. The molecule has 2 rings (SSSR count). The van der Waals surface area contributed by atoms with E-state index < -0.39 is 0 Å². The molecule has 0 amide bonds. The minimum atomic E-state index is 0.309. The zero-order valence-corrected chi connectivity index (χ0v) is 12.6. The summed E-state index contributed by atoms with van der Waals surface area (Å²) in [6, 6.07) is 9.33. The Morgan fingerprint density at radius 3 is 3.00 bits per heavy atom. The Balaban J connectivity index is 2.07. The van der Waals surface area contributed by atoms with Crippen LogP contribution in [0, 0.1) is 0 Å². The monoisotopic (exact) mass is 279 g/mol. The molecule has 0 aromatic heterocycles. The lowest BCUT2D eigenvalue weighted by Crippen LogP contribution is -2.35. The lowest BCUT2D eigenvalue weighted by atomic mass is 9.87. The Kier molecular flexibility index (Phi) is 6.21. The van der Waals surface area contributed by atoms with Crippen LogP contribution in [0.4, 0.5) is 0 Å². The molecule has 2 nitrogen and oxygen atoms in total. The Hall–Kier alpha value is -0.510. The van der Waals surface area contributed by atoms with Crippen LogP contribution in [0.2, 0.25) is 0 Å². The van der Waals surface area contributed by atoms with Crippen LogP contribution in [0.15, 0.2) is 24.3 Å². The van der Waals surface area contributed by atoms with Gasteiger partial charge in [0.25, 0.3) is 0 Å². The van der Waals surface area contributed by atoms with Crippen molar-refractivity contribution in [3.8, 4) is 0 Å². The van der Waals surface area contributed by atoms with Crippen molar-refractivity contribution in [3.05, 3.63) is 35.4 Å². The summed E-state index contributed by atoms with van der Waals surface area (Å²) in [7, 11) is 0. The Morgan fingerprint density at radius 1 is 1.37 bits per heavy atom. The normalized spacial score (nSPS) is 22.2. The molecule has 0 fully saturated rings. The van der Waals surface area contributed by atoms with Crippen LogP contribution in [0.3, 0.4) is 0 Å². The standard InChI is InChI=1S/C16H25NOS/c1-2-10-17-16-14-7-4-3-6-13(14)8-9-15(16)19-12-5-11-18/h3-4,6-7,15-18H,2,5,8-12H2,1H3. The molecule has 0 saturated heterocycles. The van der Waals surface area contributed by atoms with Crippen molar-refractivity contribution >= 4 is 11.8 Å². The van der Waals surface area contributed by atoms with Crippen LogP contribution in [-0.2, 0) is 6.42 Å². The van der Waals surface area contributed by atoms with E-state index in [9.17, 15) is 0 Å². The van der Waals surface area contributed by atoms with Crippen molar-refractivity contribution in [1.29, 1.82) is 0 Å². The summed E-state index contributed by atoms with van der Waals surface area (Å²) in [5, 5.41) is 13.3. The average Bonchev–Trinajstić information content (AvgIpc) is 2.46. The third-order valence-electron chi connectivity index (χ3n) is 3.71. The fourth-order valence-corrected chi connectivity index (χ4v) is 4.07. The zero-order chi connectivity index (χ0) is 13.5. The summed E-state index contributed by atoms with van der Waals surface area (Å²) in [4.78, 5) is 0. The van der Waals surface area contributed by atoms with E-state index in [4.69, 9.17) is 5.11 Å². The van der Waals surface area contributed by atoms with Crippen LogP contribution < -0.4 is 5.32 Å². The van der Waals surface area contributed by atoms with Crippen molar-refractivity contribution in [3.63, 3.8) is 0 Å². The van der Waals surface area contributed by atoms with Crippen molar-refractivity contribution in [2.75, 3.05) is 18.9 Å². The van der Waals surface area contributed by atoms with Crippen molar-refractivity contribution < 1.29 is 5.11 Å². The molecule has 0 saturated carbocycles. The SMILES string of the molecule is CCCNC1c2ccccc2CCC1SCCCO. The Bertz CT molecular complexity index is 383. The second-order valence-electron chi connectivity index (χ2n) is 5.16. The number of nitrogens with one attached hydrogen (secondary N) is 1. The molecule has 106 valence electrons. The fraction of sp³-hybridized carbons (Fsp3) is 0.625. The summed E-state index contributed by atoms with van der Waals surface area (Å²) in [6.07, 6.45) is 4.52. The van der Waals surface area contributed by atoms with Gasteiger partial charge in [0.2, 0.25) is 0 Å². The first-order valence-corrected chi connectivity index (χ1v) is 8.45. The molecule has 3 heteroatoms. The summed E-state index contributed by atoms with van der Waals surface area (Å²) in [5.41, 5.74) is 3.00. The molecule has 1 aliphatic carbocycles. The number of fused-ring (bicyclic) bond motifs is 1. The largest absolute Gasteiger partial charge is 0.396 e. The van der Waals surface area contributed by atoms with Gasteiger partial charge >= 0.3 is 0 Å². The highest BCUT2D eigenvalue weighted by atomic mass is 32.2. The maximum Gasteiger partial charge on any atom is 0.0443 e. The maximum atomic E-state index is 8.93. The highest BCUT2D eigenvalue weighted by Crippen LogP contribution is 2.37. The molecule has 2 unspecified atom stereocenters. The first-order chi connectivity index (χ1) is 9.36. The number of rotatable bonds is 7. The number of benzene rings is 1. The molecule has 0 radical (unpaired) electrons. The van der Waals surface area contributed by atoms with E-state index in [2.05, 4.69) is 36.5 Å². The summed E-state index contributed by atoms with van der Waals surface area (Å²) < 4.78 is 0. The topological polar surface area (TPSA) is 32.3 Å². The molecule has 1 aromatic rings. The molecule has 2 atom stereocenters. The summed E-state index contributed by atoms with van der Waals surface area (Å²) >= 11 is 2.02. The van der Waals surface area contributed by atoms with Gasteiger partial charge in [-0.15, -0.1) is 0 Å². The van der Waals surface area contributed by atoms with E-state index in [-0.39, 0.29) is 0 Å². The number of aliphatic hydroxyl groups is 1. The first kappa shape index (κ1) is 14.9. The molecule has 0 aliphatic heterocycles. The van der Waals surface area contributed by atoms with Gasteiger partial charge < -0.3 is 10.4 Å². The molecular weight excluding hydrogens is 254 g/mol. The highest BCUT2D eigenvalue weighted by molar-refractivity contribution is 7.99.